The summed E-state index contributed by atoms with van der Waals surface area (Å²) in [5, 5.41) is 5.73. The summed E-state index contributed by atoms with van der Waals surface area (Å²) in [6, 6.07) is 7.19. The van der Waals surface area contributed by atoms with Crippen LogP contribution in [0.15, 0.2) is 30.5 Å². The second kappa shape index (κ2) is 5.48. The maximum atomic E-state index is 12.2. The van der Waals surface area contributed by atoms with Gasteiger partial charge in [-0.05, 0) is 37.6 Å². The minimum Gasteiger partial charge on any atom is -0.373 e. The van der Waals surface area contributed by atoms with Crippen LogP contribution in [0.4, 0.5) is 11.6 Å². The monoisotopic (exact) mass is 256 g/mol. The highest BCUT2D eigenvalue weighted by molar-refractivity contribution is 6.04. The average Bonchev–Trinajstić information content (AvgIpc) is 2.40. The normalized spacial score (nSPS) is 10.1. The van der Waals surface area contributed by atoms with E-state index in [4.69, 9.17) is 0 Å². The molecule has 2 aromatic heterocycles. The highest BCUT2D eigenvalue weighted by atomic mass is 16.1. The van der Waals surface area contributed by atoms with E-state index in [0.717, 1.165) is 11.3 Å². The number of amides is 1. The highest BCUT2D eigenvalue weighted by Crippen LogP contribution is 2.14. The summed E-state index contributed by atoms with van der Waals surface area (Å²) < 4.78 is 0. The standard InChI is InChI=1S/C14H16N4O/c1-9-5-4-6-16-13(9)18-14(19)11-7-10(2)17-12(8-11)15-3/h4-8H,1-3H3,(H,15,17)(H,16,18,19). The van der Waals surface area contributed by atoms with Gasteiger partial charge >= 0.3 is 0 Å². The molecule has 19 heavy (non-hydrogen) atoms. The van der Waals surface area contributed by atoms with E-state index >= 15 is 0 Å². The van der Waals surface area contributed by atoms with Gasteiger partial charge in [0, 0.05) is 24.5 Å². The van der Waals surface area contributed by atoms with Crippen LogP contribution in [0.25, 0.3) is 0 Å². The molecule has 5 nitrogen and oxygen atoms in total. The third-order valence-electron chi connectivity index (χ3n) is 2.71. The number of pyridine rings is 2. The van der Waals surface area contributed by atoms with Crippen molar-refractivity contribution in [1.29, 1.82) is 0 Å². The van der Waals surface area contributed by atoms with Crippen LogP contribution in [0.5, 0.6) is 0 Å². The third-order valence-corrected chi connectivity index (χ3v) is 2.71. The van der Waals surface area contributed by atoms with Crippen LogP contribution in [0, 0.1) is 13.8 Å². The second-order valence-electron chi connectivity index (χ2n) is 4.26. The SMILES string of the molecule is CNc1cc(C(=O)Nc2ncccc2C)cc(C)n1. The van der Waals surface area contributed by atoms with Crippen molar-refractivity contribution in [3.63, 3.8) is 0 Å². The molecular weight excluding hydrogens is 240 g/mol. The molecule has 0 aliphatic heterocycles. The molecule has 1 amide bonds. The van der Waals surface area contributed by atoms with Crippen molar-refractivity contribution in [2.75, 3.05) is 17.7 Å². The zero-order chi connectivity index (χ0) is 13.8. The van der Waals surface area contributed by atoms with Crippen molar-refractivity contribution < 1.29 is 4.79 Å². The lowest BCUT2D eigenvalue weighted by atomic mass is 10.2. The number of rotatable bonds is 3. The first-order chi connectivity index (χ1) is 9.10. The molecule has 2 heterocycles. The van der Waals surface area contributed by atoms with Crippen LogP contribution in [0.1, 0.15) is 21.6 Å². The van der Waals surface area contributed by atoms with Crippen LogP contribution in [0.2, 0.25) is 0 Å². The zero-order valence-corrected chi connectivity index (χ0v) is 11.2. The van der Waals surface area contributed by atoms with Gasteiger partial charge in [0.2, 0.25) is 0 Å². The smallest absolute Gasteiger partial charge is 0.257 e. The molecule has 0 unspecified atom stereocenters. The summed E-state index contributed by atoms with van der Waals surface area (Å²) in [6.07, 6.45) is 1.65. The summed E-state index contributed by atoms with van der Waals surface area (Å²) in [4.78, 5) is 20.6. The van der Waals surface area contributed by atoms with E-state index in [1.807, 2.05) is 26.0 Å². The molecule has 0 bridgehead atoms. The Morgan fingerprint density at radius 1 is 1.26 bits per heavy atom. The van der Waals surface area contributed by atoms with E-state index in [9.17, 15) is 4.79 Å². The molecule has 0 aromatic carbocycles. The van der Waals surface area contributed by atoms with Gasteiger partial charge in [0.1, 0.15) is 11.6 Å². The van der Waals surface area contributed by atoms with E-state index < -0.39 is 0 Å². The van der Waals surface area contributed by atoms with Crippen molar-refractivity contribution in [3.8, 4) is 0 Å². The number of aryl methyl sites for hydroxylation is 2. The van der Waals surface area contributed by atoms with Crippen LogP contribution in [-0.4, -0.2) is 22.9 Å². The van der Waals surface area contributed by atoms with Crippen LogP contribution >= 0.6 is 0 Å². The van der Waals surface area contributed by atoms with Crippen LogP contribution < -0.4 is 10.6 Å². The van der Waals surface area contributed by atoms with Crippen LogP contribution in [0.3, 0.4) is 0 Å². The number of hydrogen-bond donors (Lipinski definition) is 2. The Labute approximate surface area is 112 Å². The molecule has 0 fully saturated rings. The topological polar surface area (TPSA) is 66.9 Å². The second-order valence-corrected chi connectivity index (χ2v) is 4.26. The van der Waals surface area contributed by atoms with Gasteiger partial charge in [-0.2, -0.15) is 0 Å². The maximum Gasteiger partial charge on any atom is 0.257 e. The lowest BCUT2D eigenvalue weighted by Gasteiger charge is -2.08. The summed E-state index contributed by atoms with van der Waals surface area (Å²) in [5.74, 6) is 1.06. The van der Waals surface area contributed by atoms with Gasteiger partial charge in [-0.1, -0.05) is 6.07 Å². The van der Waals surface area contributed by atoms with E-state index in [1.54, 1.807) is 25.4 Å². The minimum atomic E-state index is -0.191. The molecule has 0 spiro atoms. The maximum absolute atomic E-state index is 12.2. The van der Waals surface area contributed by atoms with Gasteiger partial charge in [-0.15, -0.1) is 0 Å². The number of anilines is 2. The molecule has 2 aromatic rings. The Bertz CT molecular complexity index is 610. The van der Waals surface area contributed by atoms with E-state index in [-0.39, 0.29) is 5.91 Å². The first kappa shape index (κ1) is 13.0. The molecule has 5 heteroatoms. The van der Waals surface area contributed by atoms with Crippen molar-refractivity contribution in [2.24, 2.45) is 0 Å². The molecular formula is C14H16N4O. The average molecular weight is 256 g/mol. The van der Waals surface area contributed by atoms with Gasteiger partial charge in [0.05, 0.1) is 0 Å². The predicted molar refractivity (Wildman–Crippen MR) is 75.4 cm³/mol. The van der Waals surface area contributed by atoms with E-state index in [1.165, 1.54) is 0 Å². The zero-order valence-electron chi connectivity index (χ0n) is 11.2. The fourth-order valence-electron chi connectivity index (χ4n) is 1.72. The molecule has 2 rings (SSSR count). The number of carbonyl (C=O) groups is 1. The largest absolute Gasteiger partial charge is 0.373 e. The van der Waals surface area contributed by atoms with Gasteiger partial charge in [0.15, 0.2) is 0 Å². The molecule has 0 aliphatic rings. The van der Waals surface area contributed by atoms with Crippen molar-refractivity contribution >= 4 is 17.5 Å². The quantitative estimate of drug-likeness (QED) is 0.884. The van der Waals surface area contributed by atoms with Gasteiger partial charge in [-0.3, -0.25) is 4.79 Å². The number of carbonyl (C=O) groups excluding carboxylic acids is 1. The number of hydrogen-bond acceptors (Lipinski definition) is 4. The number of nitrogens with one attached hydrogen (secondary N) is 2. The fourth-order valence-corrected chi connectivity index (χ4v) is 1.72. The third kappa shape index (κ3) is 3.07. The Balaban J connectivity index is 2.25. The molecule has 98 valence electrons. The van der Waals surface area contributed by atoms with Crippen molar-refractivity contribution in [1.82, 2.24) is 9.97 Å². The Hall–Kier alpha value is -2.43. The van der Waals surface area contributed by atoms with Crippen molar-refractivity contribution in [3.05, 3.63) is 47.3 Å². The molecule has 0 aliphatic carbocycles. The fraction of sp³-hybridized carbons (Fsp3) is 0.214. The predicted octanol–water partition coefficient (Wildman–Crippen LogP) is 2.39. The number of aromatic nitrogens is 2. The Morgan fingerprint density at radius 3 is 2.74 bits per heavy atom. The molecule has 2 N–H and O–H groups in total. The Kier molecular flexibility index (Phi) is 3.75. The summed E-state index contributed by atoms with van der Waals surface area (Å²) in [7, 11) is 1.77. The summed E-state index contributed by atoms with van der Waals surface area (Å²) in [5.41, 5.74) is 2.27. The van der Waals surface area contributed by atoms with E-state index in [2.05, 4.69) is 20.6 Å². The number of nitrogens with zero attached hydrogens (tertiary/aromatic N) is 2. The first-order valence-electron chi connectivity index (χ1n) is 5.99. The Morgan fingerprint density at radius 2 is 2.05 bits per heavy atom. The van der Waals surface area contributed by atoms with Gasteiger partial charge < -0.3 is 10.6 Å². The molecule has 0 atom stereocenters. The minimum absolute atomic E-state index is 0.191. The lowest BCUT2D eigenvalue weighted by Crippen LogP contribution is -2.14. The van der Waals surface area contributed by atoms with Gasteiger partial charge in [-0.25, -0.2) is 9.97 Å². The summed E-state index contributed by atoms with van der Waals surface area (Å²) >= 11 is 0. The van der Waals surface area contributed by atoms with E-state index in [0.29, 0.717) is 17.2 Å². The van der Waals surface area contributed by atoms with Crippen molar-refractivity contribution in [2.45, 2.75) is 13.8 Å². The van der Waals surface area contributed by atoms with Crippen LogP contribution in [-0.2, 0) is 0 Å². The highest BCUT2D eigenvalue weighted by Gasteiger charge is 2.10. The molecule has 0 radical (unpaired) electrons. The lowest BCUT2D eigenvalue weighted by molar-refractivity contribution is 0.102. The summed E-state index contributed by atoms with van der Waals surface area (Å²) in [6.45, 7) is 3.75. The molecule has 0 saturated heterocycles. The molecule has 0 saturated carbocycles. The van der Waals surface area contributed by atoms with Gasteiger partial charge in [0.25, 0.3) is 5.91 Å². The first-order valence-corrected chi connectivity index (χ1v) is 5.99.